The number of alkyl halides is 3. The van der Waals surface area contributed by atoms with Gasteiger partial charge in [-0.3, -0.25) is 0 Å². The van der Waals surface area contributed by atoms with Crippen LogP contribution in [-0.2, 0) is 10.0 Å². The van der Waals surface area contributed by atoms with Crippen molar-refractivity contribution in [2.45, 2.75) is 24.7 Å². The van der Waals surface area contributed by atoms with Crippen LogP contribution >= 0.6 is 0 Å². The Balaban J connectivity index is 2.85. The van der Waals surface area contributed by atoms with E-state index in [1.165, 1.54) is 13.0 Å². The first-order chi connectivity index (χ1) is 6.83. The second-order valence-corrected chi connectivity index (χ2v) is 4.37. The van der Waals surface area contributed by atoms with Crippen molar-refractivity contribution in [3.05, 3.63) is 17.9 Å². The van der Waals surface area contributed by atoms with Crippen LogP contribution in [0.2, 0.25) is 0 Å². The van der Waals surface area contributed by atoms with E-state index in [4.69, 9.17) is 0 Å². The highest BCUT2D eigenvalue weighted by atomic mass is 32.2. The van der Waals surface area contributed by atoms with Crippen molar-refractivity contribution in [1.82, 2.24) is 4.72 Å². The summed E-state index contributed by atoms with van der Waals surface area (Å²) in [6, 6.07) is 2.38. The molecule has 1 aromatic rings. The van der Waals surface area contributed by atoms with Crippen LogP contribution < -0.4 is 4.72 Å². The van der Waals surface area contributed by atoms with E-state index in [1.807, 2.05) is 0 Å². The molecule has 1 unspecified atom stereocenters. The van der Waals surface area contributed by atoms with Crippen LogP contribution in [0, 0.1) is 6.92 Å². The zero-order valence-electron chi connectivity index (χ0n) is 7.58. The molecule has 0 radical (unpaired) electrons. The van der Waals surface area contributed by atoms with Crippen molar-refractivity contribution in [2.75, 3.05) is 0 Å². The van der Waals surface area contributed by atoms with E-state index in [0.717, 1.165) is 10.8 Å². The summed E-state index contributed by atoms with van der Waals surface area (Å²) < 4.78 is 64.1. The molecular weight excluding hydrogens is 235 g/mol. The van der Waals surface area contributed by atoms with Gasteiger partial charge >= 0.3 is 0 Å². The third kappa shape index (κ3) is 2.96. The average Bonchev–Trinajstić information content (AvgIpc) is 2.51. The normalized spacial score (nSPS) is 14.5. The predicted molar refractivity (Wildman–Crippen MR) is 44.7 cm³/mol. The van der Waals surface area contributed by atoms with Crippen molar-refractivity contribution in [2.24, 2.45) is 0 Å². The maximum Gasteiger partial charge on any atom is 0.283 e. The highest BCUT2D eigenvalue weighted by Crippen LogP contribution is 2.14. The molecule has 8 heteroatoms. The zero-order valence-corrected chi connectivity index (χ0v) is 8.39. The number of nitrogens with one attached hydrogen (secondary N) is 1. The molecule has 0 aliphatic heterocycles. The van der Waals surface area contributed by atoms with Gasteiger partial charge in [0, 0.05) is 0 Å². The van der Waals surface area contributed by atoms with Crippen LogP contribution in [0.15, 0.2) is 21.6 Å². The molecule has 15 heavy (non-hydrogen) atoms. The van der Waals surface area contributed by atoms with Gasteiger partial charge < -0.3 is 4.42 Å². The van der Waals surface area contributed by atoms with E-state index in [-0.39, 0.29) is 5.76 Å². The second-order valence-electron chi connectivity index (χ2n) is 2.72. The van der Waals surface area contributed by atoms with Crippen LogP contribution in [0.1, 0.15) is 5.76 Å². The van der Waals surface area contributed by atoms with Gasteiger partial charge in [-0.1, -0.05) is 0 Å². The fourth-order valence-corrected chi connectivity index (χ4v) is 1.82. The van der Waals surface area contributed by atoms with Gasteiger partial charge in [-0.15, -0.1) is 0 Å². The molecule has 0 bridgehead atoms. The van der Waals surface area contributed by atoms with Crippen LogP contribution in [0.25, 0.3) is 0 Å². The SMILES string of the molecule is Cc1ccc(S(=O)(=O)NC(F)C(F)F)o1. The highest BCUT2D eigenvalue weighted by Gasteiger charge is 2.28. The molecule has 0 aliphatic carbocycles. The van der Waals surface area contributed by atoms with Crippen LogP contribution in [0.4, 0.5) is 13.2 Å². The Kier molecular flexibility index (Phi) is 3.40. The van der Waals surface area contributed by atoms with E-state index in [1.54, 1.807) is 0 Å². The first kappa shape index (κ1) is 12.1. The van der Waals surface area contributed by atoms with Crippen molar-refractivity contribution >= 4 is 10.0 Å². The minimum Gasteiger partial charge on any atom is -0.449 e. The largest absolute Gasteiger partial charge is 0.449 e. The Morgan fingerprint density at radius 1 is 1.33 bits per heavy atom. The van der Waals surface area contributed by atoms with Gasteiger partial charge in [-0.2, -0.15) is 4.72 Å². The van der Waals surface area contributed by atoms with Crippen molar-refractivity contribution < 1.29 is 26.0 Å². The van der Waals surface area contributed by atoms with Crippen LogP contribution in [0.5, 0.6) is 0 Å². The average molecular weight is 243 g/mol. The lowest BCUT2D eigenvalue weighted by Gasteiger charge is -2.07. The molecule has 0 aliphatic rings. The molecule has 0 saturated heterocycles. The molecule has 1 rings (SSSR count). The van der Waals surface area contributed by atoms with Crippen LogP contribution in [0.3, 0.4) is 0 Å². The van der Waals surface area contributed by atoms with Gasteiger partial charge in [0.25, 0.3) is 16.4 Å². The Labute approximate surface area is 84.1 Å². The standard InChI is InChI=1S/C7H8F3NO3S/c1-4-2-3-5(14-4)15(12,13)11-7(10)6(8)9/h2-3,6-7,11H,1H3. The zero-order chi connectivity index (χ0) is 11.6. The Morgan fingerprint density at radius 2 is 1.93 bits per heavy atom. The van der Waals surface area contributed by atoms with Crippen molar-refractivity contribution in [3.8, 4) is 0 Å². The quantitative estimate of drug-likeness (QED) is 0.814. The summed E-state index contributed by atoms with van der Waals surface area (Å²) in [5, 5.41) is -0.594. The summed E-state index contributed by atoms with van der Waals surface area (Å²) in [6.45, 7) is 1.47. The van der Waals surface area contributed by atoms with E-state index >= 15 is 0 Å². The third-order valence-corrected chi connectivity index (χ3v) is 2.75. The Morgan fingerprint density at radius 3 is 2.33 bits per heavy atom. The van der Waals surface area contributed by atoms with E-state index in [2.05, 4.69) is 4.42 Å². The Bertz CT molecular complexity index is 428. The smallest absolute Gasteiger partial charge is 0.283 e. The summed E-state index contributed by atoms with van der Waals surface area (Å²) >= 11 is 0. The number of hydrogen-bond donors (Lipinski definition) is 1. The topological polar surface area (TPSA) is 59.3 Å². The summed E-state index contributed by atoms with van der Waals surface area (Å²) in [5.74, 6) is 0.280. The molecule has 4 nitrogen and oxygen atoms in total. The minimum atomic E-state index is -4.36. The van der Waals surface area contributed by atoms with Gasteiger partial charge in [0.2, 0.25) is 11.4 Å². The molecule has 1 N–H and O–H groups in total. The molecule has 0 amide bonds. The van der Waals surface area contributed by atoms with E-state index in [9.17, 15) is 21.6 Å². The van der Waals surface area contributed by atoms with Crippen molar-refractivity contribution in [3.63, 3.8) is 0 Å². The number of sulfonamides is 1. The van der Waals surface area contributed by atoms with E-state index < -0.39 is 27.8 Å². The molecule has 86 valence electrons. The molecule has 0 fully saturated rings. The van der Waals surface area contributed by atoms with E-state index in [0.29, 0.717) is 0 Å². The summed E-state index contributed by atoms with van der Waals surface area (Å²) in [5.41, 5.74) is 0. The predicted octanol–water partition coefficient (Wildman–Crippen LogP) is 1.43. The fourth-order valence-electron chi connectivity index (χ4n) is 0.814. The number of hydrogen-bond acceptors (Lipinski definition) is 3. The van der Waals surface area contributed by atoms with Crippen molar-refractivity contribution in [1.29, 1.82) is 0 Å². The Hall–Kier alpha value is -1.02. The summed E-state index contributed by atoms with van der Waals surface area (Å²) in [4.78, 5) is 0. The minimum absolute atomic E-state index is 0.280. The first-order valence-corrected chi connectivity index (χ1v) is 5.32. The number of rotatable bonds is 4. The lowest BCUT2D eigenvalue weighted by molar-refractivity contribution is 0.0438. The third-order valence-electron chi connectivity index (χ3n) is 1.47. The molecular formula is C7H8F3NO3S. The molecule has 0 saturated carbocycles. The maximum atomic E-state index is 12.4. The maximum absolute atomic E-state index is 12.4. The first-order valence-electron chi connectivity index (χ1n) is 3.84. The summed E-state index contributed by atoms with van der Waals surface area (Å²) in [6.07, 6.45) is -6.36. The van der Waals surface area contributed by atoms with Gasteiger partial charge in [-0.05, 0) is 19.1 Å². The molecule has 0 aromatic carbocycles. The number of aryl methyl sites for hydroxylation is 1. The number of furan rings is 1. The fraction of sp³-hybridized carbons (Fsp3) is 0.429. The number of halogens is 3. The molecule has 1 heterocycles. The molecule has 1 atom stereocenters. The van der Waals surface area contributed by atoms with Gasteiger partial charge in [0.15, 0.2) is 0 Å². The second kappa shape index (κ2) is 4.23. The van der Waals surface area contributed by atoms with Gasteiger partial charge in [0.1, 0.15) is 5.76 Å². The molecule has 0 spiro atoms. The van der Waals surface area contributed by atoms with Crippen LogP contribution in [-0.4, -0.2) is 21.1 Å². The van der Waals surface area contributed by atoms with Gasteiger partial charge in [-0.25, -0.2) is 21.6 Å². The lowest BCUT2D eigenvalue weighted by atomic mass is 10.5. The monoisotopic (exact) mass is 243 g/mol. The highest BCUT2D eigenvalue weighted by molar-refractivity contribution is 7.89. The van der Waals surface area contributed by atoms with Gasteiger partial charge in [0.05, 0.1) is 0 Å². The lowest BCUT2D eigenvalue weighted by Crippen LogP contribution is -2.36. The molecule has 1 aromatic heterocycles. The summed E-state index contributed by atoms with van der Waals surface area (Å²) in [7, 11) is -4.36.